The molecule has 0 aliphatic heterocycles. The van der Waals surface area contributed by atoms with Crippen molar-refractivity contribution >= 4 is 95.3 Å². The largest absolute Gasteiger partial charge is 0.135 e. The van der Waals surface area contributed by atoms with Crippen LogP contribution >= 0.6 is 22.7 Å². The molecule has 286 valence electrons. The zero-order valence-corrected chi connectivity index (χ0v) is 35.1. The first-order valence-corrected chi connectivity index (χ1v) is 23.0. The van der Waals surface area contributed by atoms with Crippen LogP contribution in [-0.2, 0) is 0 Å². The second kappa shape index (κ2) is 13.1. The molecule has 0 bridgehead atoms. The van der Waals surface area contributed by atoms with Gasteiger partial charge in [0.2, 0.25) is 0 Å². The Morgan fingerprint density at radius 2 is 0.597 bits per heavy atom. The van der Waals surface area contributed by atoms with Gasteiger partial charge >= 0.3 is 0 Å². The zero-order valence-electron chi connectivity index (χ0n) is 33.4. The van der Waals surface area contributed by atoms with E-state index in [4.69, 9.17) is 0 Å². The van der Waals surface area contributed by atoms with Crippen molar-refractivity contribution in [1.29, 1.82) is 0 Å². The fraction of sp³-hybridized carbons (Fsp3) is 0. The van der Waals surface area contributed by atoms with E-state index < -0.39 is 0 Å². The van der Waals surface area contributed by atoms with Crippen molar-refractivity contribution in [1.82, 2.24) is 0 Å². The molecule has 0 N–H and O–H groups in total. The number of thiophene rings is 2. The first-order chi connectivity index (χ1) is 30.8. The van der Waals surface area contributed by atoms with Crippen molar-refractivity contribution in [3.63, 3.8) is 0 Å². The third-order valence-corrected chi connectivity index (χ3v) is 15.9. The van der Waals surface area contributed by atoms with Gasteiger partial charge in [-0.1, -0.05) is 176 Å². The lowest BCUT2D eigenvalue weighted by Crippen LogP contribution is -2.00. The molecule has 11 aromatic carbocycles. The summed E-state index contributed by atoms with van der Waals surface area (Å²) in [6.45, 7) is 0. The van der Waals surface area contributed by atoms with E-state index in [1.54, 1.807) is 0 Å². The third kappa shape index (κ3) is 4.82. The number of rotatable bonds is 2. The maximum Gasteiger partial charge on any atom is 0.0434 e. The van der Waals surface area contributed by atoms with E-state index in [2.05, 4.69) is 206 Å². The van der Waals surface area contributed by atoms with Crippen LogP contribution in [-0.4, -0.2) is 0 Å². The minimum absolute atomic E-state index is 1.23. The van der Waals surface area contributed by atoms with Gasteiger partial charge in [0.25, 0.3) is 0 Å². The Hall–Kier alpha value is -7.36. The summed E-state index contributed by atoms with van der Waals surface area (Å²) in [5, 5.41) is 13.0. The van der Waals surface area contributed by atoms with Gasteiger partial charge in [0.05, 0.1) is 0 Å². The van der Waals surface area contributed by atoms with Gasteiger partial charge in [-0.15, -0.1) is 22.7 Å². The molecule has 0 nitrogen and oxygen atoms in total. The molecule has 0 unspecified atom stereocenters. The van der Waals surface area contributed by atoms with E-state index in [0.29, 0.717) is 0 Å². The molecule has 0 spiro atoms. The summed E-state index contributed by atoms with van der Waals surface area (Å²) in [6.07, 6.45) is 0. The minimum atomic E-state index is 1.23. The Morgan fingerprint density at radius 3 is 1.23 bits per heavy atom. The molecular formula is C60H34S2. The molecule has 2 heterocycles. The van der Waals surface area contributed by atoms with Crippen LogP contribution in [0.1, 0.15) is 0 Å². The monoisotopic (exact) mass is 818 g/mol. The molecule has 0 saturated heterocycles. The molecule has 2 aromatic heterocycles. The third-order valence-electron chi connectivity index (χ3n) is 13.4. The average Bonchev–Trinajstić information content (AvgIpc) is 3.92. The van der Waals surface area contributed by atoms with Crippen LogP contribution in [0.4, 0.5) is 0 Å². The highest BCUT2D eigenvalue weighted by atomic mass is 32.1. The average molecular weight is 819 g/mol. The summed E-state index contributed by atoms with van der Waals surface area (Å²) in [5.74, 6) is 0. The van der Waals surface area contributed by atoms with Gasteiger partial charge in [0.1, 0.15) is 0 Å². The summed E-state index contributed by atoms with van der Waals surface area (Å²) in [6, 6.07) is 77.8. The molecule has 0 radical (unpaired) electrons. The van der Waals surface area contributed by atoms with E-state index in [-0.39, 0.29) is 0 Å². The summed E-state index contributed by atoms with van der Waals surface area (Å²) < 4.78 is 5.31. The van der Waals surface area contributed by atoms with Crippen molar-refractivity contribution in [3.05, 3.63) is 206 Å². The molecular weight excluding hydrogens is 785 g/mol. The fourth-order valence-corrected chi connectivity index (χ4v) is 13.2. The number of fused-ring (bicyclic) bond motifs is 20. The van der Waals surface area contributed by atoms with Crippen molar-refractivity contribution in [3.8, 4) is 66.8 Å². The van der Waals surface area contributed by atoms with Crippen molar-refractivity contribution in [2.24, 2.45) is 0 Å². The Labute approximate surface area is 366 Å². The molecule has 1 aliphatic carbocycles. The Bertz CT molecular complexity index is 4050. The van der Waals surface area contributed by atoms with Gasteiger partial charge in [-0.05, 0) is 124 Å². The summed E-state index contributed by atoms with van der Waals surface area (Å²) in [4.78, 5) is 0. The lowest BCUT2D eigenvalue weighted by molar-refractivity contribution is 1.53. The quantitative estimate of drug-likeness (QED) is 0.152. The Morgan fingerprint density at radius 1 is 0.210 bits per heavy atom. The van der Waals surface area contributed by atoms with Crippen molar-refractivity contribution in [2.75, 3.05) is 0 Å². The Balaban J connectivity index is 1.13. The van der Waals surface area contributed by atoms with E-state index in [0.717, 1.165) is 0 Å². The van der Waals surface area contributed by atoms with Gasteiger partial charge < -0.3 is 0 Å². The van der Waals surface area contributed by atoms with Crippen LogP contribution in [0.25, 0.3) is 139 Å². The first kappa shape index (κ1) is 34.4. The van der Waals surface area contributed by atoms with Gasteiger partial charge in [-0.2, -0.15) is 0 Å². The van der Waals surface area contributed by atoms with Gasteiger partial charge in [0, 0.05) is 45.9 Å². The molecule has 0 fully saturated rings. The maximum absolute atomic E-state index is 2.52. The highest BCUT2D eigenvalue weighted by Crippen LogP contribution is 2.54. The van der Waals surface area contributed by atoms with Crippen LogP contribution < -0.4 is 0 Å². The van der Waals surface area contributed by atoms with Crippen LogP contribution in [0.2, 0.25) is 0 Å². The second-order valence-corrected chi connectivity index (χ2v) is 18.7. The molecule has 14 rings (SSSR count). The predicted octanol–water partition coefficient (Wildman–Crippen LogP) is 18.2. The smallest absolute Gasteiger partial charge is 0.0434 e. The highest BCUT2D eigenvalue weighted by molar-refractivity contribution is 7.26. The first-order valence-electron chi connectivity index (χ1n) is 21.3. The summed E-state index contributed by atoms with van der Waals surface area (Å²) in [5.41, 5.74) is 15.1. The molecule has 0 amide bonds. The van der Waals surface area contributed by atoms with E-state index >= 15 is 0 Å². The number of hydrogen-bond donors (Lipinski definition) is 0. The fourth-order valence-electron chi connectivity index (χ4n) is 10.7. The molecule has 2 heteroatoms. The molecule has 62 heavy (non-hydrogen) atoms. The topological polar surface area (TPSA) is 0 Å². The van der Waals surface area contributed by atoms with Crippen LogP contribution in [0.3, 0.4) is 0 Å². The SMILES string of the molecule is c1ccc2c(c1)-c1cc(-c3cccc4c3sc3ccccc34)ccc1-c1cc3c4ccccc4c4ccccc4c3cc1-c1cccc(-c3cccc4c3sc3ccccc34)c1-2. The normalized spacial score (nSPS) is 12.2. The van der Waals surface area contributed by atoms with Crippen LogP contribution in [0.5, 0.6) is 0 Å². The van der Waals surface area contributed by atoms with Gasteiger partial charge in [-0.25, -0.2) is 0 Å². The Kier molecular flexibility index (Phi) is 7.24. The van der Waals surface area contributed by atoms with Crippen molar-refractivity contribution in [2.45, 2.75) is 0 Å². The lowest BCUT2D eigenvalue weighted by Gasteiger charge is -2.26. The standard InChI is InChI=1S/C60H34S2/c1-3-16-39-37(14-1)38-15-2-4-17-40(38)53-34-55-47-24-12-23-46(50-27-13-26-49-44-20-8-10-29-57(44)62-60(49)50)58(47)45-21-6-5-18-41(45)51-32-35(30-31-42(51)54(55)33-52(39)53)36-22-11-25-48-43-19-7-9-28-56(43)61-59(36)48/h1-34H. The van der Waals surface area contributed by atoms with Gasteiger partial charge in [0.15, 0.2) is 0 Å². The zero-order chi connectivity index (χ0) is 40.5. The van der Waals surface area contributed by atoms with E-state index in [9.17, 15) is 0 Å². The van der Waals surface area contributed by atoms with Gasteiger partial charge in [-0.3, -0.25) is 0 Å². The second-order valence-electron chi connectivity index (χ2n) is 16.6. The predicted molar refractivity (Wildman–Crippen MR) is 271 cm³/mol. The molecule has 1 aliphatic rings. The highest BCUT2D eigenvalue weighted by Gasteiger charge is 2.27. The van der Waals surface area contributed by atoms with E-state index in [1.807, 2.05) is 22.7 Å². The molecule has 0 saturated carbocycles. The summed E-state index contributed by atoms with van der Waals surface area (Å²) >= 11 is 3.80. The molecule has 13 aromatic rings. The van der Waals surface area contributed by atoms with Crippen LogP contribution in [0, 0.1) is 0 Å². The lowest BCUT2D eigenvalue weighted by atomic mass is 9.77. The minimum Gasteiger partial charge on any atom is -0.135 e. The van der Waals surface area contributed by atoms with Crippen LogP contribution in [0.15, 0.2) is 206 Å². The van der Waals surface area contributed by atoms with Crippen molar-refractivity contribution < 1.29 is 0 Å². The van der Waals surface area contributed by atoms with E-state index in [1.165, 1.54) is 139 Å². The number of hydrogen-bond acceptors (Lipinski definition) is 2. The maximum atomic E-state index is 2.52. The number of benzene rings is 11. The summed E-state index contributed by atoms with van der Waals surface area (Å²) in [7, 11) is 0. The molecule has 0 atom stereocenters.